The minimum absolute atomic E-state index is 0.235. The number of benzene rings is 1. The molecule has 0 N–H and O–H groups in total. The highest BCUT2D eigenvalue weighted by atomic mass is 16.7. The van der Waals surface area contributed by atoms with Crippen molar-refractivity contribution in [2.75, 3.05) is 13.9 Å². The smallest absolute Gasteiger partial charge is 0.188 e. The van der Waals surface area contributed by atoms with Crippen LogP contribution in [0.3, 0.4) is 0 Å². The standard InChI is InChI=1S/C16H20O3/c1-18-12-19-15-8-5-6-13(11-15)10-14-7-3-2-4-9-16(14)17/h5-6,8,10-11H,2-4,7,9,12H2,1H3. The Bertz CT molecular complexity index is 463. The fourth-order valence-corrected chi connectivity index (χ4v) is 2.25. The van der Waals surface area contributed by atoms with Crippen LogP contribution in [0.4, 0.5) is 0 Å². The third-order valence-corrected chi connectivity index (χ3v) is 3.25. The van der Waals surface area contributed by atoms with E-state index in [-0.39, 0.29) is 6.79 Å². The lowest BCUT2D eigenvalue weighted by molar-refractivity contribution is -0.115. The summed E-state index contributed by atoms with van der Waals surface area (Å²) < 4.78 is 10.3. The Balaban J connectivity index is 2.14. The van der Waals surface area contributed by atoms with Crippen molar-refractivity contribution in [3.63, 3.8) is 0 Å². The molecule has 0 spiro atoms. The van der Waals surface area contributed by atoms with Crippen molar-refractivity contribution >= 4 is 11.9 Å². The molecule has 1 aromatic carbocycles. The number of hydrogen-bond donors (Lipinski definition) is 0. The molecule has 0 saturated heterocycles. The highest BCUT2D eigenvalue weighted by molar-refractivity contribution is 5.99. The second-order valence-electron chi connectivity index (χ2n) is 4.78. The molecule has 0 unspecified atom stereocenters. The zero-order valence-electron chi connectivity index (χ0n) is 11.4. The molecule has 0 bridgehead atoms. The Morgan fingerprint density at radius 1 is 1.21 bits per heavy atom. The van der Waals surface area contributed by atoms with Crippen LogP contribution in [0.5, 0.6) is 5.75 Å². The number of rotatable bonds is 4. The summed E-state index contributed by atoms with van der Waals surface area (Å²) in [5, 5.41) is 0. The predicted molar refractivity (Wildman–Crippen MR) is 75.0 cm³/mol. The number of hydrogen-bond acceptors (Lipinski definition) is 3. The maximum Gasteiger partial charge on any atom is 0.188 e. The molecule has 0 aromatic heterocycles. The summed E-state index contributed by atoms with van der Waals surface area (Å²) in [5.41, 5.74) is 1.96. The van der Waals surface area contributed by atoms with Gasteiger partial charge in [0.2, 0.25) is 0 Å². The first-order chi connectivity index (χ1) is 9.29. The predicted octanol–water partition coefficient (Wildman–Crippen LogP) is 3.59. The molecule has 1 aliphatic carbocycles. The summed E-state index contributed by atoms with van der Waals surface area (Å²) in [6.07, 6.45) is 6.85. The van der Waals surface area contributed by atoms with Crippen molar-refractivity contribution in [2.24, 2.45) is 0 Å². The highest BCUT2D eigenvalue weighted by Gasteiger charge is 2.13. The highest BCUT2D eigenvalue weighted by Crippen LogP contribution is 2.23. The Morgan fingerprint density at radius 3 is 2.89 bits per heavy atom. The van der Waals surface area contributed by atoms with Crippen molar-refractivity contribution in [3.8, 4) is 5.75 Å². The van der Waals surface area contributed by atoms with E-state index in [1.807, 2.05) is 30.3 Å². The lowest BCUT2D eigenvalue weighted by Gasteiger charge is -2.06. The molecule has 102 valence electrons. The average molecular weight is 260 g/mol. The lowest BCUT2D eigenvalue weighted by Crippen LogP contribution is -2.00. The summed E-state index contributed by atoms with van der Waals surface area (Å²) in [5.74, 6) is 1.05. The lowest BCUT2D eigenvalue weighted by atomic mass is 10.0. The van der Waals surface area contributed by atoms with E-state index in [1.54, 1.807) is 7.11 Å². The molecule has 0 radical (unpaired) electrons. The van der Waals surface area contributed by atoms with E-state index < -0.39 is 0 Å². The molecular formula is C16H20O3. The number of carbonyl (C=O) groups excluding carboxylic acids is 1. The number of methoxy groups -OCH3 is 1. The summed E-state index contributed by atoms with van der Waals surface area (Å²) in [6.45, 7) is 0.235. The summed E-state index contributed by atoms with van der Waals surface area (Å²) in [4.78, 5) is 12.0. The number of ketones is 1. The monoisotopic (exact) mass is 260 g/mol. The van der Waals surface area contributed by atoms with Gasteiger partial charge < -0.3 is 9.47 Å². The molecule has 0 atom stereocenters. The van der Waals surface area contributed by atoms with Gasteiger partial charge in [0.15, 0.2) is 12.6 Å². The van der Waals surface area contributed by atoms with Crippen molar-refractivity contribution in [2.45, 2.75) is 32.1 Å². The molecule has 1 aliphatic rings. The van der Waals surface area contributed by atoms with Crippen LogP contribution in [-0.2, 0) is 9.53 Å². The Labute approximate surface area is 114 Å². The van der Waals surface area contributed by atoms with Gasteiger partial charge in [-0.1, -0.05) is 18.6 Å². The van der Waals surface area contributed by atoms with Gasteiger partial charge in [-0.05, 0) is 48.6 Å². The second kappa shape index (κ2) is 7.10. The Kier molecular flexibility index (Phi) is 5.16. The molecule has 0 heterocycles. The van der Waals surface area contributed by atoms with Crippen LogP contribution >= 0.6 is 0 Å². The van der Waals surface area contributed by atoms with Gasteiger partial charge in [0.05, 0.1) is 0 Å². The molecule has 3 heteroatoms. The van der Waals surface area contributed by atoms with Gasteiger partial charge in [0, 0.05) is 13.5 Å². The van der Waals surface area contributed by atoms with Gasteiger partial charge in [-0.25, -0.2) is 0 Å². The minimum Gasteiger partial charge on any atom is -0.468 e. The molecule has 1 fully saturated rings. The van der Waals surface area contributed by atoms with Crippen LogP contribution < -0.4 is 4.74 Å². The zero-order valence-corrected chi connectivity index (χ0v) is 11.4. The fourth-order valence-electron chi connectivity index (χ4n) is 2.25. The van der Waals surface area contributed by atoms with E-state index in [0.29, 0.717) is 12.2 Å². The number of allylic oxidation sites excluding steroid dienone is 1. The molecule has 1 aromatic rings. The van der Waals surface area contributed by atoms with Crippen molar-refractivity contribution in [1.29, 1.82) is 0 Å². The first kappa shape index (κ1) is 13.8. The molecule has 3 nitrogen and oxygen atoms in total. The first-order valence-electron chi connectivity index (χ1n) is 6.75. The molecule has 0 aliphatic heterocycles. The molecular weight excluding hydrogens is 240 g/mol. The average Bonchev–Trinajstić information content (AvgIpc) is 2.62. The number of carbonyl (C=O) groups is 1. The van der Waals surface area contributed by atoms with Crippen LogP contribution in [0.2, 0.25) is 0 Å². The van der Waals surface area contributed by atoms with E-state index in [9.17, 15) is 4.79 Å². The summed E-state index contributed by atoms with van der Waals surface area (Å²) in [7, 11) is 1.59. The first-order valence-corrected chi connectivity index (χ1v) is 6.75. The van der Waals surface area contributed by atoms with E-state index >= 15 is 0 Å². The number of Topliss-reactive ketones (excluding diaryl/α,β-unsaturated/α-hetero) is 1. The molecule has 2 rings (SSSR count). The quantitative estimate of drug-likeness (QED) is 0.471. The summed E-state index contributed by atoms with van der Waals surface area (Å²) >= 11 is 0. The Morgan fingerprint density at radius 2 is 2.05 bits per heavy atom. The van der Waals surface area contributed by atoms with Crippen LogP contribution in [0, 0.1) is 0 Å². The molecule has 0 amide bonds. The van der Waals surface area contributed by atoms with Crippen molar-refractivity contribution in [1.82, 2.24) is 0 Å². The number of ether oxygens (including phenoxy) is 2. The second-order valence-corrected chi connectivity index (χ2v) is 4.78. The van der Waals surface area contributed by atoms with Crippen LogP contribution in [0.15, 0.2) is 29.8 Å². The van der Waals surface area contributed by atoms with Crippen molar-refractivity contribution in [3.05, 3.63) is 35.4 Å². The summed E-state index contributed by atoms with van der Waals surface area (Å²) in [6, 6.07) is 7.74. The third kappa shape index (κ3) is 4.21. The normalized spacial score (nSPS) is 18.4. The maximum absolute atomic E-state index is 12.0. The minimum atomic E-state index is 0.235. The van der Waals surface area contributed by atoms with Gasteiger partial charge in [-0.2, -0.15) is 0 Å². The van der Waals surface area contributed by atoms with Gasteiger partial charge >= 0.3 is 0 Å². The van der Waals surface area contributed by atoms with E-state index in [0.717, 1.165) is 42.6 Å². The zero-order chi connectivity index (χ0) is 13.5. The van der Waals surface area contributed by atoms with Gasteiger partial charge in [-0.3, -0.25) is 4.79 Å². The van der Waals surface area contributed by atoms with E-state index in [4.69, 9.17) is 9.47 Å². The van der Waals surface area contributed by atoms with Gasteiger partial charge in [0.25, 0.3) is 0 Å². The maximum atomic E-state index is 12.0. The largest absolute Gasteiger partial charge is 0.468 e. The van der Waals surface area contributed by atoms with Crippen LogP contribution in [0.1, 0.15) is 37.7 Å². The molecule has 1 saturated carbocycles. The van der Waals surface area contributed by atoms with Crippen LogP contribution in [0.25, 0.3) is 6.08 Å². The molecule has 19 heavy (non-hydrogen) atoms. The van der Waals surface area contributed by atoms with Crippen molar-refractivity contribution < 1.29 is 14.3 Å². The topological polar surface area (TPSA) is 35.5 Å². The van der Waals surface area contributed by atoms with E-state index in [2.05, 4.69) is 0 Å². The SMILES string of the molecule is COCOc1cccc(C=C2CCCCCC2=O)c1. The van der Waals surface area contributed by atoms with Crippen LogP contribution in [-0.4, -0.2) is 19.7 Å². The third-order valence-electron chi connectivity index (χ3n) is 3.25. The van der Waals surface area contributed by atoms with Gasteiger partial charge in [0.1, 0.15) is 5.75 Å². The van der Waals surface area contributed by atoms with E-state index in [1.165, 1.54) is 0 Å². The Hall–Kier alpha value is -1.61. The fraction of sp³-hybridized carbons (Fsp3) is 0.438. The van der Waals surface area contributed by atoms with Gasteiger partial charge in [-0.15, -0.1) is 0 Å².